The summed E-state index contributed by atoms with van der Waals surface area (Å²) in [5, 5.41) is 0.817. The molecule has 1 aliphatic rings. The van der Waals surface area contributed by atoms with E-state index in [1.54, 1.807) is 28.2 Å². The summed E-state index contributed by atoms with van der Waals surface area (Å²) in [4.78, 5) is 0.325. The van der Waals surface area contributed by atoms with E-state index in [1.807, 2.05) is 73.7 Å². The molecule has 0 amide bonds. The molecule has 1 aliphatic heterocycles. The third kappa shape index (κ3) is 3.86. The Balaban J connectivity index is 1.75. The van der Waals surface area contributed by atoms with E-state index in [-0.39, 0.29) is 5.25 Å². The minimum Gasteiger partial charge on any atom is -0.259 e. The molecule has 1 atom stereocenters. The SMILES string of the molecule is Cc1ccc(S(=O)(=O)N2CC(c3ccccc3)SC2=Cc2ccccc2)cc1. The molecule has 28 heavy (non-hydrogen) atoms. The van der Waals surface area contributed by atoms with E-state index < -0.39 is 10.0 Å². The molecule has 0 spiro atoms. The van der Waals surface area contributed by atoms with Gasteiger partial charge in [-0.3, -0.25) is 4.31 Å². The van der Waals surface area contributed by atoms with Crippen LogP contribution in [0.15, 0.2) is 94.9 Å². The highest BCUT2D eigenvalue weighted by molar-refractivity contribution is 8.04. The number of nitrogens with zero attached hydrogens (tertiary/aromatic N) is 1. The molecule has 0 radical (unpaired) electrons. The fourth-order valence-corrected chi connectivity index (χ4v) is 6.27. The summed E-state index contributed by atoms with van der Waals surface area (Å²) in [6.45, 7) is 2.37. The zero-order valence-electron chi connectivity index (χ0n) is 15.5. The Hall–Kier alpha value is -2.50. The second-order valence-corrected chi connectivity index (χ2v) is 9.84. The van der Waals surface area contributed by atoms with Crippen molar-refractivity contribution in [1.82, 2.24) is 4.31 Å². The van der Waals surface area contributed by atoms with Gasteiger partial charge in [0.25, 0.3) is 10.0 Å². The molecular formula is C23H21NO2S2. The van der Waals surface area contributed by atoms with Crippen LogP contribution in [0.4, 0.5) is 0 Å². The van der Waals surface area contributed by atoms with Gasteiger partial charge >= 0.3 is 0 Å². The molecule has 0 N–H and O–H groups in total. The lowest BCUT2D eigenvalue weighted by atomic mass is 10.1. The third-order valence-electron chi connectivity index (χ3n) is 4.71. The average molecular weight is 408 g/mol. The van der Waals surface area contributed by atoms with Crippen LogP contribution in [0.5, 0.6) is 0 Å². The fraction of sp³-hybridized carbons (Fsp3) is 0.130. The number of aryl methyl sites for hydroxylation is 1. The molecule has 3 nitrogen and oxygen atoms in total. The van der Waals surface area contributed by atoms with E-state index in [2.05, 4.69) is 12.1 Å². The Morgan fingerprint density at radius 2 is 1.50 bits per heavy atom. The van der Waals surface area contributed by atoms with Crippen LogP contribution in [0.25, 0.3) is 6.08 Å². The molecule has 1 heterocycles. The van der Waals surface area contributed by atoms with Gasteiger partial charge in [0.15, 0.2) is 0 Å². The molecule has 1 saturated heterocycles. The largest absolute Gasteiger partial charge is 0.264 e. The van der Waals surface area contributed by atoms with Gasteiger partial charge < -0.3 is 0 Å². The molecule has 5 heteroatoms. The van der Waals surface area contributed by atoms with Crippen LogP contribution < -0.4 is 0 Å². The first-order valence-electron chi connectivity index (χ1n) is 9.12. The maximum absolute atomic E-state index is 13.4. The van der Waals surface area contributed by atoms with Crippen molar-refractivity contribution in [2.24, 2.45) is 0 Å². The first-order chi connectivity index (χ1) is 13.5. The second-order valence-electron chi connectivity index (χ2n) is 6.76. The number of sulfonamides is 1. The van der Waals surface area contributed by atoms with Gasteiger partial charge in [-0.2, -0.15) is 0 Å². The maximum Gasteiger partial charge on any atom is 0.264 e. The molecule has 0 aromatic heterocycles. The van der Waals surface area contributed by atoms with Gasteiger partial charge in [-0.1, -0.05) is 90.1 Å². The fourth-order valence-electron chi connectivity index (χ4n) is 3.18. The van der Waals surface area contributed by atoms with Crippen LogP contribution in [0.1, 0.15) is 21.9 Å². The minimum absolute atomic E-state index is 0.0661. The summed E-state index contributed by atoms with van der Waals surface area (Å²) in [6.07, 6.45) is 1.96. The number of hydrogen-bond donors (Lipinski definition) is 0. The monoisotopic (exact) mass is 407 g/mol. The van der Waals surface area contributed by atoms with Crippen molar-refractivity contribution in [3.05, 3.63) is 107 Å². The smallest absolute Gasteiger partial charge is 0.259 e. The summed E-state index contributed by atoms with van der Waals surface area (Å²) in [5.74, 6) is 0. The lowest BCUT2D eigenvalue weighted by Crippen LogP contribution is -2.27. The number of thioether (sulfide) groups is 1. The van der Waals surface area contributed by atoms with Crippen molar-refractivity contribution in [1.29, 1.82) is 0 Å². The highest BCUT2D eigenvalue weighted by Gasteiger charge is 2.37. The summed E-state index contributed by atoms with van der Waals surface area (Å²) in [7, 11) is -3.62. The van der Waals surface area contributed by atoms with Gasteiger partial charge in [-0.25, -0.2) is 8.42 Å². The van der Waals surface area contributed by atoms with Gasteiger partial charge in [0.05, 0.1) is 21.7 Å². The van der Waals surface area contributed by atoms with Crippen molar-refractivity contribution in [2.75, 3.05) is 6.54 Å². The Kier molecular flexibility index (Phi) is 5.29. The van der Waals surface area contributed by atoms with Gasteiger partial charge in [0, 0.05) is 0 Å². The predicted molar refractivity (Wildman–Crippen MR) is 116 cm³/mol. The molecule has 0 aliphatic carbocycles. The summed E-state index contributed by atoms with van der Waals surface area (Å²) >= 11 is 1.60. The van der Waals surface area contributed by atoms with E-state index in [9.17, 15) is 8.42 Å². The molecule has 142 valence electrons. The minimum atomic E-state index is -3.62. The quantitative estimate of drug-likeness (QED) is 0.575. The van der Waals surface area contributed by atoms with Crippen LogP contribution >= 0.6 is 11.8 Å². The zero-order valence-corrected chi connectivity index (χ0v) is 17.2. The van der Waals surface area contributed by atoms with Crippen LogP contribution in [0.2, 0.25) is 0 Å². The topological polar surface area (TPSA) is 37.4 Å². The highest BCUT2D eigenvalue weighted by Crippen LogP contribution is 2.47. The molecule has 4 rings (SSSR count). The van der Waals surface area contributed by atoms with Crippen LogP contribution in [0.3, 0.4) is 0 Å². The van der Waals surface area contributed by atoms with Gasteiger partial charge in [-0.05, 0) is 36.3 Å². The summed E-state index contributed by atoms with van der Waals surface area (Å²) in [6, 6.07) is 27.0. The number of benzene rings is 3. The molecule has 0 bridgehead atoms. The molecule has 3 aromatic rings. The van der Waals surface area contributed by atoms with E-state index >= 15 is 0 Å². The first kappa shape index (κ1) is 18.8. The Morgan fingerprint density at radius 1 is 0.893 bits per heavy atom. The van der Waals surface area contributed by atoms with E-state index in [4.69, 9.17) is 0 Å². The van der Waals surface area contributed by atoms with E-state index in [1.165, 1.54) is 0 Å². The average Bonchev–Trinajstić information content (AvgIpc) is 3.14. The Bertz CT molecular complexity index is 1080. The van der Waals surface area contributed by atoms with Crippen molar-refractivity contribution in [2.45, 2.75) is 17.1 Å². The molecule has 1 unspecified atom stereocenters. The van der Waals surface area contributed by atoms with E-state index in [0.29, 0.717) is 11.4 Å². The predicted octanol–water partition coefficient (Wildman–Crippen LogP) is 5.47. The molecule has 0 saturated carbocycles. The number of rotatable bonds is 4. The van der Waals surface area contributed by atoms with Crippen LogP contribution in [0, 0.1) is 6.92 Å². The maximum atomic E-state index is 13.4. The molecular weight excluding hydrogens is 386 g/mol. The summed E-state index contributed by atoms with van der Waals surface area (Å²) in [5.41, 5.74) is 3.16. The third-order valence-corrected chi connectivity index (χ3v) is 7.91. The first-order valence-corrected chi connectivity index (χ1v) is 11.4. The lowest BCUT2D eigenvalue weighted by Gasteiger charge is -2.20. The van der Waals surface area contributed by atoms with E-state index in [0.717, 1.165) is 21.7 Å². The van der Waals surface area contributed by atoms with Crippen molar-refractivity contribution in [3.63, 3.8) is 0 Å². The zero-order chi connectivity index (χ0) is 19.6. The van der Waals surface area contributed by atoms with Gasteiger partial charge in [0.1, 0.15) is 0 Å². The van der Waals surface area contributed by atoms with Crippen molar-refractivity contribution >= 4 is 27.9 Å². The Morgan fingerprint density at radius 3 is 2.14 bits per heavy atom. The second kappa shape index (κ2) is 7.86. The van der Waals surface area contributed by atoms with Gasteiger partial charge in [-0.15, -0.1) is 0 Å². The molecule has 1 fully saturated rings. The van der Waals surface area contributed by atoms with Gasteiger partial charge in [0.2, 0.25) is 0 Å². The molecule has 3 aromatic carbocycles. The van der Waals surface area contributed by atoms with Crippen molar-refractivity contribution in [3.8, 4) is 0 Å². The number of hydrogen-bond acceptors (Lipinski definition) is 3. The Labute approximate surface area is 170 Å². The van der Waals surface area contributed by atoms with Crippen LogP contribution in [-0.4, -0.2) is 19.3 Å². The normalized spacial score (nSPS) is 18.5. The van der Waals surface area contributed by atoms with Crippen LogP contribution in [-0.2, 0) is 10.0 Å². The lowest BCUT2D eigenvalue weighted by molar-refractivity contribution is 0.504. The summed E-state index contributed by atoms with van der Waals surface area (Å²) < 4.78 is 28.3. The standard InChI is InChI=1S/C23H21NO2S2/c1-18-12-14-21(15-13-18)28(25,26)24-17-22(20-10-6-3-7-11-20)27-23(24)16-19-8-4-2-5-9-19/h2-16,22H,17H2,1H3. The van der Waals surface area contributed by atoms with Crippen molar-refractivity contribution < 1.29 is 8.42 Å². The highest BCUT2D eigenvalue weighted by atomic mass is 32.2.